The van der Waals surface area contributed by atoms with E-state index in [1.54, 1.807) is 0 Å². The Labute approximate surface area is 343 Å². The maximum Gasteiger partial charge on any atom is 0.143 e. The number of para-hydroxylation sites is 2. The van der Waals surface area contributed by atoms with Gasteiger partial charge in [0.2, 0.25) is 0 Å². The van der Waals surface area contributed by atoms with Crippen molar-refractivity contribution in [1.82, 2.24) is 0 Å². The number of furan rings is 1. The number of hydrogen-bond acceptors (Lipinski definition) is 2. The molecule has 1 aromatic heterocycles. The van der Waals surface area contributed by atoms with E-state index in [1.165, 1.54) is 0 Å². The van der Waals surface area contributed by atoms with Crippen LogP contribution in [-0.2, 0) is 0 Å². The van der Waals surface area contributed by atoms with E-state index in [4.69, 9.17) is 4.42 Å². The second kappa shape index (κ2) is 14.1. The van der Waals surface area contributed by atoms with Crippen LogP contribution < -0.4 is 4.90 Å². The molecule has 0 aliphatic heterocycles. The largest absolute Gasteiger partial charge is 0.455 e. The second-order valence-corrected chi connectivity index (χ2v) is 14.5. The van der Waals surface area contributed by atoms with Gasteiger partial charge in [0, 0.05) is 33.1 Å². The van der Waals surface area contributed by atoms with Crippen LogP contribution in [0.15, 0.2) is 229 Å². The molecule has 0 amide bonds. The summed E-state index contributed by atoms with van der Waals surface area (Å²) < 4.78 is 45.1. The third kappa shape index (κ3) is 5.82. The third-order valence-corrected chi connectivity index (χ3v) is 11.2. The molecular weight excluding hydrogens is 703 g/mol. The fraction of sp³-hybridized carbons (Fsp3) is 0. The van der Waals surface area contributed by atoms with Gasteiger partial charge < -0.3 is 9.32 Å². The lowest BCUT2D eigenvalue weighted by Gasteiger charge is -2.28. The van der Waals surface area contributed by atoms with E-state index in [0.717, 1.165) is 76.9 Å². The molecule has 10 aromatic carbocycles. The average molecular weight is 744 g/mol. The summed E-state index contributed by atoms with van der Waals surface area (Å²) in [5.74, 6) is 0. The van der Waals surface area contributed by atoms with Crippen LogP contribution >= 0.6 is 0 Å². The predicted octanol–water partition coefficient (Wildman–Crippen LogP) is 16.0. The molecule has 0 unspecified atom stereocenters. The van der Waals surface area contributed by atoms with Crippen molar-refractivity contribution in [1.29, 1.82) is 0 Å². The van der Waals surface area contributed by atoms with Gasteiger partial charge in [-0.25, -0.2) is 0 Å². The molecule has 0 saturated carbocycles. The Balaban J connectivity index is 1.10. The highest BCUT2D eigenvalue weighted by Gasteiger charge is 2.21. The van der Waals surface area contributed by atoms with Crippen molar-refractivity contribution in [2.45, 2.75) is 0 Å². The Kier molecular flexibility index (Phi) is 7.20. The Hall–Kier alpha value is -7.68. The Morgan fingerprint density at radius 1 is 0.345 bits per heavy atom. The smallest absolute Gasteiger partial charge is 0.143 e. The van der Waals surface area contributed by atoms with Gasteiger partial charge >= 0.3 is 0 Å². The van der Waals surface area contributed by atoms with Gasteiger partial charge in [0.25, 0.3) is 0 Å². The number of fused-ring (bicyclic) bond motifs is 6. The van der Waals surface area contributed by atoms with E-state index in [2.05, 4.69) is 72.8 Å². The summed E-state index contributed by atoms with van der Waals surface area (Å²) in [6.07, 6.45) is 0. The molecular formula is C56H37NO. The van der Waals surface area contributed by atoms with Gasteiger partial charge in [-0.3, -0.25) is 0 Å². The van der Waals surface area contributed by atoms with E-state index in [0.29, 0.717) is 16.9 Å². The van der Waals surface area contributed by atoms with Crippen LogP contribution in [0.2, 0.25) is 0 Å². The van der Waals surface area contributed by atoms with Crippen molar-refractivity contribution in [2.24, 2.45) is 0 Å². The molecule has 0 bridgehead atoms. The zero-order valence-electron chi connectivity index (χ0n) is 35.4. The van der Waals surface area contributed by atoms with Crippen LogP contribution in [0, 0.1) is 0 Å². The molecule has 0 aliphatic carbocycles. The average Bonchev–Trinajstić information content (AvgIpc) is 3.72. The highest BCUT2D eigenvalue weighted by Crippen LogP contribution is 2.46. The molecule has 0 aliphatic rings. The van der Waals surface area contributed by atoms with Gasteiger partial charge in [0.05, 0.1) is 11.2 Å². The molecule has 2 nitrogen and oxygen atoms in total. The maximum absolute atomic E-state index is 9.72. The van der Waals surface area contributed by atoms with Crippen LogP contribution in [0.25, 0.3) is 88.0 Å². The van der Waals surface area contributed by atoms with Gasteiger partial charge in [-0.1, -0.05) is 182 Å². The second-order valence-electron chi connectivity index (χ2n) is 14.5. The van der Waals surface area contributed by atoms with Crippen LogP contribution in [0.1, 0.15) is 5.48 Å². The number of benzene rings is 10. The van der Waals surface area contributed by atoms with Gasteiger partial charge in [-0.15, -0.1) is 0 Å². The zero-order chi connectivity index (χ0) is 41.9. The van der Waals surface area contributed by atoms with Crippen molar-refractivity contribution in [3.8, 4) is 44.5 Å². The summed E-state index contributed by atoms with van der Waals surface area (Å²) in [5.41, 5.74) is 9.97. The minimum atomic E-state index is -0.140. The lowest BCUT2D eigenvalue weighted by atomic mass is 9.94. The lowest BCUT2D eigenvalue weighted by molar-refractivity contribution is 0.673. The van der Waals surface area contributed by atoms with Crippen molar-refractivity contribution in [3.05, 3.63) is 224 Å². The van der Waals surface area contributed by atoms with Crippen molar-refractivity contribution < 1.29 is 9.90 Å². The Morgan fingerprint density at radius 3 is 1.76 bits per heavy atom. The standard InChI is InChI=1S/C56H37NO/c1-2-12-38(13-3-1)40-28-33-45(34-29-40)57(46-35-30-41(31-36-46)39-24-26-43(27-25-39)48-20-10-15-42-14-4-5-17-47(42)48)53-22-8-6-18-49(53)51-21-11-16-44-32-37-52-50-19-7-9-23-54(50)58-56(52)55(44)51/h1-37H/i30D,31D,35D,36D. The molecule has 1 heterocycles. The summed E-state index contributed by atoms with van der Waals surface area (Å²) in [5, 5.41) is 6.32. The quantitative estimate of drug-likeness (QED) is 0.162. The van der Waals surface area contributed by atoms with Crippen LogP contribution in [0.5, 0.6) is 0 Å². The van der Waals surface area contributed by atoms with Gasteiger partial charge in [0.1, 0.15) is 11.2 Å². The first-order chi connectivity index (χ1) is 30.4. The Bertz CT molecular complexity index is 3470. The lowest BCUT2D eigenvalue weighted by Crippen LogP contribution is -2.11. The minimum absolute atomic E-state index is 0.114. The molecule has 58 heavy (non-hydrogen) atoms. The number of nitrogens with zero attached hydrogens (tertiary/aromatic N) is 1. The van der Waals surface area contributed by atoms with Crippen LogP contribution in [-0.4, -0.2) is 0 Å². The first-order valence-corrected chi connectivity index (χ1v) is 19.5. The van der Waals surface area contributed by atoms with Gasteiger partial charge in [0.15, 0.2) is 0 Å². The summed E-state index contributed by atoms with van der Waals surface area (Å²) in [6, 6.07) is 66.5. The van der Waals surface area contributed by atoms with E-state index >= 15 is 0 Å². The molecule has 0 N–H and O–H groups in total. The minimum Gasteiger partial charge on any atom is -0.455 e. The van der Waals surface area contributed by atoms with Gasteiger partial charge in [-0.2, -0.15) is 0 Å². The van der Waals surface area contributed by atoms with Gasteiger partial charge in [-0.05, 0) is 97.5 Å². The van der Waals surface area contributed by atoms with E-state index in [1.807, 2.05) is 132 Å². The predicted molar refractivity (Wildman–Crippen MR) is 245 cm³/mol. The normalized spacial score (nSPS) is 12.4. The maximum atomic E-state index is 9.72. The number of rotatable bonds is 7. The topological polar surface area (TPSA) is 16.4 Å². The highest BCUT2D eigenvalue weighted by molar-refractivity contribution is 6.19. The molecule has 11 aromatic rings. The fourth-order valence-corrected chi connectivity index (χ4v) is 8.35. The summed E-state index contributed by atoms with van der Waals surface area (Å²) in [7, 11) is 0. The molecule has 272 valence electrons. The molecule has 0 fully saturated rings. The van der Waals surface area contributed by atoms with E-state index in [-0.39, 0.29) is 35.4 Å². The van der Waals surface area contributed by atoms with Crippen molar-refractivity contribution in [3.63, 3.8) is 0 Å². The SMILES string of the molecule is [2H]c1c([2H])c(N(c2ccc(-c3ccccc3)cc2)c2ccccc2-c2cccc3ccc4c5ccccc5oc4c23)c([2H])c([2H])c1-c1ccc(-c2cccc3ccccc23)cc1. The Morgan fingerprint density at radius 2 is 0.931 bits per heavy atom. The molecule has 0 radical (unpaired) electrons. The van der Waals surface area contributed by atoms with Crippen LogP contribution in [0.4, 0.5) is 17.1 Å². The number of hydrogen-bond donors (Lipinski definition) is 0. The van der Waals surface area contributed by atoms with E-state index < -0.39 is 0 Å². The molecule has 0 saturated heterocycles. The monoisotopic (exact) mass is 743 g/mol. The summed E-state index contributed by atoms with van der Waals surface area (Å²) >= 11 is 0. The molecule has 2 heteroatoms. The molecule has 0 atom stereocenters. The first-order valence-electron chi connectivity index (χ1n) is 21.5. The third-order valence-electron chi connectivity index (χ3n) is 11.2. The first kappa shape index (κ1) is 29.6. The van der Waals surface area contributed by atoms with Crippen LogP contribution in [0.3, 0.4) is 0 Å². The highest BCUT2D eigenvalue weighted by atomic mass is 16.3. The molecule has 0 spiro atoms. The molecule has 11 rings (SSSR count). The van der Waals surface area contributed by atoms with Crippen molar-refractivity contribution in [2.75, 3.05) is 4.90 Å². The van der Waals surface area contributed by atoms with Crippen molar-refractivity contribution >= 4 is 60.5 Å². The number of anilines is 3. The summed E-state index contributed by atoms with van der Waals surface area (Å²) in [4.78, 5) is 1.88. The fourth-order valence-electron chi connectivity index (χ4n) is 8.35. The van der Waals surface area contributed by atoms with E-state index in [9.17, 15) is 5.48 Å². The zero-order valence-corrected chi connectivity index (χ0v) is 31.4. The summed E-state index contributed by atoms with van der Waals surface area (Å²) in [6.45, 7) is 0.